The molecule has 1 fully saturated rings. The molecule has 0 saturated heterocycles. The summed E-state index contributed by atoms with van der Waals surface area (Å²) < 4.78 is 0. The Bertz CT molecular complexity index is 631. The molecule has 3 rings (SSSR count). The van der Waals surface area contributed by atoms with E-state index in [1.807, 2.05) is 55.5 Å². The van der Waals surface area contributed by atoms with Crippen molar-refractivity contribution in [1.29, 1.82) is 0 Å². The van der Waals surface area contributed by atoms with E-state index in [1.165, 1.54) is 0 Å². The number of carbonyl (C=O) groups is 2. The zero-order chi connectivity index (χ0) is 14.1. The SMILES string of the molecule is C[C@H]1C(=O)C(C(=O)c2ccccc2)[C@H]1c1ccccc1. The maximum atomic E-state index is 12.5. The second kappa shape index (κ2) is 5.04. The molecule has 0 N–H and O–H groups in total. The molecule has 2 nitrogen and oxygen atoms in total. The van der Waals surface area contributed by atoms with Gasteiger partial charge in [-0.3, -0.25) is 9.59 Å². The van der Waals surface area contributed by atoms with Crippen LogP contribution in [0.5, 0.6) is 0 Å². The van der Waals surface area contributed by atoms with Crippen LogP contribution >= 0.6 is 0 Å². The van der Waals surface area contributed by atoms with Crippen LogP contribution in [0.25, 0.3) is 0 Å². The van der Waals surface area contributed by atoms with E-state index in [2.05, 4.69) is 0 Å². The van der Waals surface area contributed by atoms with Gasteiger partial charge in [-0.25, -0.2) is 0 Å². The molecule has 0 bridgehead atoms. The molecule has 3 atom stereocenters. The Morgan fingerprint density at radius 2 is 1.45 bits per heavy atom. The van der Waals surface area contributed by atoms with Crippen LogP contribution in [0.15, 0.2) is 60.7 Å². The summed E-state index contributed by atoms with van der Waals surface area (Å²) in [5.41, 5.74) is 1.70. The highest BCUT2D eigenvalue weighted by Gasteiger charge is 2.51. The molecule has 1 aliphatic carbocycles. The molecule has 2 heteroatoms. The van der Waals surface area contributed by atoms with E-state index in [1.54, 1.807) is 12.1 Å². The van der Waals surface area contributed by atoms with E-state index in [4.69, 9.17) is 0 Å². The summed E-state index contributed by atoms with van der Waals surface area (Å²) in [6.45, 7) is 1.91. The number of hydrogen-bond acceptors (Lipinski definition) is 2. The van der Waals surface area contributed by atoms with Crippen molar-refractivity contribution < 1.29 is 9.59 Å². The first kappa shape index (κ1) is 12.8. The summed E-state index contributed by atoms with van der Waals surface area (Å²) in [6, 6.07) is 18.9. The summed E-state index contributed by atoms with van der Waals surface area (Å²) in [5, 5.41) is 0. The molecule has 100 valence electrons. The molecule has 0 aliphatic heterocycles. The lowest BCUT2D eigenvalue weighted by molar-refractivity contribution is -0.134. The smallest absolute Gasteiger partial charge is 0.173 e. The molecule has 0 aromatic heterocycles. The number of carbonyl (C=O) groups excluding carboxylic acids is 2. The largest absolute Gasteiger partial charge is 0.299 e. The van der Waals surface area contributed by atoms with Crippen molar-refractivity contribution >= 4 is 11.6 Å². The fraction of sp³-hybridized carbons (Fsp3) is 0.222. The zero-order valence-electron chi connectivity index (χ0n) is 11.3. The summed E-state index contributed by atoms with van der Waals surface area (Å²) in [5.74, 6) is -0.573. The van der Waals surface area contributed by atoms with Gasteiger partial charge in [0.25, 0.3) is 0 Å². The van der Waals surface area contributed by atoms with Gasteiger partial charge in [0.05, 0.1) is 5.92 Å². The summed E-state index contributed by atoms with van der Waals surface area (Å²) in [4.78, 5) is 24.7. The van der Waals surface area contributed by atoms with Gasteiger partial charge in [0.1, 0.15) is 5.78 Å². The molecule has 0 spiro atoms. The molecular weight excluding hydrogens is 248 g/mol. The molecule has 0 radical (unpaired) electrons. The molecule has 2 aromatic carbocycles. The second-order valence-corrected chi connectivity index (χ2v) is 5.34. The standard InChI is InChI=1S/C18H16O2/c1-12-15(13-8-4-2-5-9-13)16(17(12)19)18(20)14-10-6-3-7-11-14/h2-12,15-16H,1H3/t12-,15-,16?/m1/s1. The van der Waals surface area contributed by atoms with Gasteiger partial charge in [0.2, 0.25) is 0 Å². The van der Waals surface area contributed by atoms with Gasteiger partial charge in [0.15, 0.2) is 5.78 Å². The Balaban J connectivity index is 1.92. The molecule has 1 saturated carbocycles. The predicted octanol–water partition coefficient (Wildman–Crippen LogP) is 3.49. The summed E-state index contributed by atoms with van der Waals surface area (Å²) in [6.07, 6.45) is 0. The fourth-order valence-corrected chi connectivity index (χ4v) is 3.04. The van der Waals surface area contributed by atoms with Crippen LogP contribution in [0.4, 0.5) is 0 Å². The second-order valence-electron chi connectivity index (χ2n) is 5.34. The number of hydrogen-bond donors (Lipinski definition) is 0. The Hall–Kier alpha value is -2.22. The highest BCUT2D eigenvalue weighted by Crippen LogP contribution is 2.45. The van der Waals surface area contributed by atoms with Gasteiger partial charge in [-0.2, -0.15) is 0 Å². The first-order chi connectivity index (χ1) is 9.70. The number of ketones is 2. The Morgan fingerprint density at radius 1 is 0.900 bits per heavy atom. The average Bonchev–Trinajstić information content (AvgIpc) is 2.52. The fourth-order valence-electron chi connectivity index (χ4n) is 3.04. The van der Waals surface area contributed by atoms with Crippen molar-refractivity contribution in [2.45, 2.75) is 12.8 Å². The van der Waals surface area contributed by atoms with Crippen LogP contribution in [-0.4, -0.2) is 11.6 Å². The highest BCUT2D eigenvalue weighted by molar-refractivity contribution is 6.15. The first-order valence-corrected chi connectivity index (χ1v) is 6.88. The lowest BCUT2D eigenvalue weighted by atomic mass is 9.59. The number of Topliss-reactive ketones (excluding diaryl/α,β-unsaturated/α-hetero) is 2. The number of benzene rings is 2. The molecule has 0 heterocycles. The maximum Gasteiger partial charge on any atom is 0.173 e. The van der Waals surface area contributed by atoms with Gasteiger partial charge < -0.3 is 0 Å². The lowest BCUT2D eigenvalue weighted by Gasteiger charge is -2.40. The molecule has 20 heavy (non-hydrogen) atoms. The van der Waals surface area contributed by atoms with Gasteiger partial charge in [-0.1, -0.05) is 67.6 Å². The first-order valence-electron chi connectivity index (χ1n) is 6.88. The normalized spacial score (nSPS) is 25.1. The lowest BCUT2D eigenvalue weighted by Crippen LogP contribution is -2.48. The molecule has 0 amide bonds. The molecule has 2 aromatic rings. The van der Waals surface area contributed by atoms with Crippen LogP contribution in [0.1, 0.15) is 28.8 Å². The van der Waals surface area contributed by atoms with Crippen molar-refractivity contribution in [1.82, 2.24) is 0 Å². The van der Waals surface area contributed by atoms with Gasteiger partial charge in [0, 0.05) is 17.4 Å². The van der Waals surface area contributed by atoms with Crippen LogP contribution in [-0.2, 0) is 4.79 Å². The van der Waals surface area contributed by atoms with Gasteiger partial charge in [-0.05, 0) is 5.56 Å². The van der Waals surface area contributed by atoms with E-state index in [9.17, 15) is 9.59 Å². The Labute approximate surface area is 118 Å². The minimum atomic E-state index is -0.519. The van der Waals surface area contributed by atoms with Crippen LogP contribution in [0.3, 0.4) is 0 Å². The molecular formula is C18H16O2. The maximum absolute atomic E-state index is 12.5. The van der Waals surface area contributed by atoms with E-state index >= 15 is 0 Å². The van der Waals surface area contributed by atoms with E-state index in [-0.39, 0.29) is 23.4 Å². The number of rotatable bonds is 3. The average molecular weight is 264 g/mol. The topological polar surface area (TPSA) is 34.1 Å². The van der Waals surface area contributed by atoms with Crippen molar-refractivity contribution in [2.24, 2.45) is 11.8 Å². The third kappa shape index (κ3) is 1.97. The van der Waals surface area contributed by atoms with Crippen molar-refractivity contribution in [3.63, 3.8) is 0 Å². The molecule has 1 unspecified atom stereocenters. The van der Waals surface area contributed by atoms with Crippen LogP contribution < -0.4 is 0 Å². The van der Waals surface area contributed by atoms with E-state index in [0.717, 1.165) is 5.56 Å². The minimum Gasteiger partial charge on any atom is -0.299 e. The predicted molar refractivity (Wildman–Crippen MR) is 77.6 cm³/mol. The minimum absolute atomic E-state index is 0.0106. The Morgan fingerprint density at radius 3 is 2.05 bits per heavy atom. The van der Waals surface area contributed by atoms with E-state index in [0.29, 0.717) is 5.56 Å². The quantitative estimate of drug-likeness (QED) is 0.628. The monoisotopic (exact) mass is 264 g/mol. The third-order valence-electron chi connectivity index (χ3n) is 4.18. The van der Waals surface area contributed by atoms with Crippen LogP contribution in [0.2, 0.25) is 0 Å². The van der Waals surface area contributed by atoms with Crippen LogP contribution in [0, 0.1) is 11.8 Å². The van der Waals surface area contributed by atoms with Gasteiger partial charge in [-0.15, -0.1) is 0 Å². The van der Waals surface area contributed by atoms with Crippen molar-refractivity contribution in [3.8, 4) is 0 Å². The third-order valence-corrected chi connectivity index (χ3v) is 4.18. The zero-order valence-corrected chi connectivity index (χ0v) is 11.3. The van der Waals surface area contributed by atoms with E-state index < -0.39 is 5.92 Å². The highest BCUT2D eigenvalue weighted by atomic mass is 16.2. The molecule has 1 aliphatic rings. The van der Waals surface area contributed by atoms with Crippen molar-refractivity contribution in [3.05, 3.63) is 71.8 Å². The van der Waals surface area contributed by atoms with Gasteiger partial charge >= 0.3 is 0 Å². The summed E-state index contributed by atoms with van der Waals surface area (Å²) in [7, 11) is 0. The Kier molecular flexibility index (Phi) is 3.23. The van der Waals surface area contributed by atoms with Crippen molar-refractivity contribution in [2.75, 3.05) is 0 Å². The summed E-state index contributed by atoms with van der Waals surface area (Å²) >= 11 is 0.